The number of benzene rings is 5. The summed E-state index contributed by atoms with van der Waals surface area (Å²) in [5.74, 6) is -0.577. The van der Waals surface area contributed by atoms with Gasteiger partial charge in [-0.2, -0.15) is 0 Å². The third-order valence-electron chi connectivity index (χ3n) is 10.1. The molecule has 8 rings (SSSR count). The predicted molar refractivity (Wildman–Crippen MR) is 175 cm³/mol. The number of hydrogen-bond donors (Lipinski definition) is 0. The summed E-state index contributed by atoms with van der Waals surface area (Å²) in [6.45, 7) is 6.93. The van der Waals surface area contributed by atoms with Gasteiger partial charge in [0.05, 0.1) is 0 Å². The molecule has 0 amide bonds. The molecular formula is C39H32F2O2SiZr. The van der Waals surface area contributed by atoms with Crippen LogP contribution in [0.5, 0.6) is 11.5 Å². The van der Waals surface area contributed by atoms with Gasteiger partial charge < -0.3 is 0 Å². The SMILES string of the molecule is CC1=C2c3ccccc3[CH]1[Zr]([O]c1ccccc1F)([O]c1ccccc1F)[CH]1C(C)=C(c3ccccc31)[Si]2(C)c1ccccc1. The minimum absolute atomic E-state index is 0.158. The molecule has 5 aromatic carbocycles. The van der Waals surface area contributed by atoms with Crippen molar-refractivity contribution in [3.63, 3.8) is 0 Å². The zero-order valence-electron chi connectivity index (χ0n) is 25.4. The number of para-hydroxylation sites is 2. The molecule has 45 heavy (non-hydrogen) atoms. The molecule has 6 heteroatoms. The molecule has 1 heterocycles. The van der Waals surface area contributed by atoms with Crippen LogP contribution in [0.25, 0.3) is 10.4 Å². The van der Waals surface area contributed by atoms with Gasteiger partial charge in [-0.15, -0.1) is 0 Å². The zero-order chi connectivity index (χ0) is 30.9. The summed E-state index contributed by atoms with van der Waals surface area (Å²) in [5.41, 5.74) is 7.11. The molecule has 0 radical (unpaired) electrons. The molecule has 4 bridgehead atoms. The molecule has 222 valence electrons. The fourth-order valence-corrected chi connectivity index (χ4v) is 25.9. The van der Waals surface area contributed by atoms with Crippen LogP contribution in [-0.4, -0.2) is 8.07 Å². The van der Waals surface area contributed by atoms with Gasteiger partial charge in [-0.1, -0.05) is 0 Å². The van der Waals surface area contributed by atoms with E-state index in [1.54, 1.807) is 36.4 Å². The fraction of sp³-hybridized carbons (Fsp3) is 0.128. The first-order chi connectivity index (χ1) is 21.9. The Hall–Kier alpha value is -3.86. The van der Waals surface area contributed by atoms with E-state index in [4.69, 9.17) is 5.63 Å². The molecule has 0 spiro atoms. The van der Waals surface area contributed by atoms with E-state index in [-0.39, 0.29) is 18.8 Å². The number of allylic oxidation sites excluding steroid dienone is 2. The first-order valence-electron chi connectivity index (χ1n) is 15.4. The summed E-state index contributed by atoms with van der Waals surface area (Å²) in [7, 11) is -2.63. The molecule has 0 N–H and O–H groups in total. The molecule has 2 unspecified atom stereocenters. The van der Waals surface area contributed by atoms with Gasteiger partial charge in [-0.3, -0.25) is 0 Å². The Kier molecular flexibility index (Phi) is 6.74. The third-order valence-corrected chi connectivity index (χ3v) is 25.2. The second-order valence-corrected chi connectivity index (χ2v) is 23.6. The van der Waals surface area contributed by atoms with Crippen molar-refractivity contribution in [3.8, 4) is 11.5 Å². The van der Waals surface area contributed by atoms with Crippen molar-refractivity contribution in [2.24, 2.45) is 0 Å². The van der Waals surface area contributed by atoms with Gasteiger partial charge in [0.25, 0.3) is 0 Å². The topological polar surface area (TPSA) is 18.5 Å². The number of halogens is 2. The second-order valence-electron chi connectivity index (χ2n) is 12.4. The van der Waals surface area contributed by atoms with Gasteiger partial charge in [0, 0.05) is 0 Å². The van der Waals surface area contributed by atoms with Crippen LogP contribution in [0.4, 0.5) is 8.78 Å². The van der Waals surface area contributed by atoms with Crippen molar-refractivity contribution < 1.29 is 35.6 Å². The van der Waals surface area contributed by atoms with Crippen molar-refractivity contribution in [1.29, 1.82) is 0 Å². The Bertz CT molecular complexity index is 1930. The summed E-state index contributed by atoms with van der Waals surface area (Å²) in [6.07, 6.45) is 0. The van der Waals surface area contributed by atoms with Crippen LogP contribution in [0.1, 0.15) is 43.4 Å². The Morgan fingerprint density at radius 1 is 0.533 bits per heavy atom. The third kappa shape index (κ3) is 4.05. The normalized spacial score (nSPS) is 22.4. The molecule has 2 nitrogen and oxygen atoms in total. The van der Waals surface area contributed by atoms with E-state index in [0.29, 0.717) is 0 Å². The van der Waals surface area contributed by atoms with E-state index in [2.05, 4.69) is 99.3 Å². The van der Waals surface area contributed by atoms with Crippen molar-refractivity contribution >= 4 is 23.7 Å². The van der Waals surface area contributed by atoms with Gasteiger partial charge in [0.15, 0.2) is 0 Å². The molecule has 0 saturated heterocycles. The van der Waals surface area contributed by atoms with Crippen molar-refractivity contribution in [1.82, 2.24) is 0 Å². The van der Waals surface area contributed by atoms with Crippen LogP contribution in [0.3, 0.4) is 0 Å². The molecule has 3 aliphatic rings. The van der Waals surface area contributed by atoms with Gasteiger partial charge in [0.2, 0.25) is 0 Å². The molecule has 0 saturated carbocycles. The zero-order valence-corrected chi connectivity index (χ0v) is 28.8. The Balaban J connectivity index is 1.54. The van der Waals surface area contributed by atoms with Gasteiger partial charge in [0.1, 0.15) is 0 Å². The standard InChI is InChI=1S/C27H24Si.2C6H5FO.Zr/c1-19-17-21-11-7-9-15-24(21)26(19)28(3,23-13-5-4-6-14-23)27-20(2)18-22-12-8-10-16-25(22)27;2*7-5-3-1-2-4-6(5)8;/h4-18H,1-3H3;2*1-4,8H;/q;;;+2/p-2. The molecule has 5 aromatic rings. The van der Waals surface area contributed by atoms with Gasteiger partial charge >= 0.3 is 271 Å². The average molecular weight is 690 g/mol. The Morgan fingerprint density at radius 2 is 0.933 bits per heavy atom. The van der Waals surface area contributed by atoms with Crippen molar-refractivity contribution in [2.75, 3.05) is 0 Å². The molecule has 2 atom stereocenters. The summed E-state index contributed by atoms with van der Waals surface area (Å²) in [4.78, 5) is 0. The van der Waals surface area contributed by atoms with E-state index in [1.165, 1.54) is 50.0 Å². The molecule has 0 aromatic heterocycles. The van der Waals surface area contributed by atoms with Crippen LogP contribution >= 0.6 is 0 Å². The number of hydrogen-bond acceptors (Lipinski definition) is 2. The van der Waals surface area contributed by atoms with Crippen LogP contribution < -0.4 is 10.8 Å². The second kappa shape index (κ2) is 10.6. The van der Waals surface area contributed by atoms with E-state index in [1.807, 2.05) is 0 Å². The predicted octanol–water partition coefficient (Wildman–Crippen LogP) is 9.54. The molecule has 2 aliphatic carbocycles. The van der Waals surface area contributed by atoms with Crippen molar-refractivity contribution in [3.05, 3.63) is 172 Å². The van der Waals surface area contributed by atoms with E-state index < -0.39 is 40.9 Å². The van der Waals surface area contributed by atoms with E-state index >= 15 is 8.78 Å². The Morgan fingerprint density at radius 3 is 1.40 bits per heavy atom. The molecular weight excluding hydrogens is 658 g/mol. The van der Waals surface area contributed by atoms with E-state index in [9.17, 15) is 0 Å². The monoisotopic (exact) mass is 688 g/mol. The van der Waals surface area contributed by atoms with Crippen LogP contribution in [0.15, 0.2) is 139 Å². The quantitative estimate of drug-likeness (QED) is 0.171. The summed E-state index contributed by atoms with van der Waals surface area (Å²) in [6, 6.07) is 41.2. The summed E-state index contributed by atoms with van der Waals surface area (Å²) in [5, 5.41) is 4.05. The van der Waals surface area contributed by atoms with Gasteiger partial charge in [-0.05, 0) is 0 Å². The fourth-order valence-electron chi connectivity index (χ4n) is 8.50. The maximum atomic E-state index is 15.7. The molecule has 0 fully saturated rings. The first-order valence-corrected chi connectivity index (χ1v) is 22.7. The summed E-state index contributed by atoms with van der Waals surface area (Å²) >= 11 is -5.02. The summed E-state index contributed by atoms with van der Waals surface area (Å²) < 4.78 is 45.4. The number of rotatable bonds is 5. The minimum atomic E-state index is -5.02. The first kappa shape index (κ1) is 28.6. The maximum absolute atomic E-state index is 15.7. The average Bonchev–Trinajstić information content (AvgIpc) is 3.54. The molecule has 1 aliphatic heterocycles. The van der Waals surface area contributed by atoms with Crippen molar-refractivity contribution in [2.45, 2.75) is 27.6 Å². The van der Waals surface area contributed by atoms with Crippen LogP contribution in [0.2, 0.25) is 6.55 Å². The van der Waals surface area contributed by atoms with Crippen LogP contribution in [0, 0.1) is 11.6 Å². The Labute approximate surface area is 269 Å². The van der Waals surface area contributed by atoms with E-state index in [0.717, 1.165) is 11.1 Å². The van der Waals surface area contributed by atoms with Crippen LogP contribution in [-0.2, 0) is 21.1 Å². The van der Waals surface area contributed by atoms with Gasteiger partial charge in [-0.25, -0.2) is 0 Å².